The van der Waals surface area contributed by atoms with E-state index in [1.54, 1.807) is 33.9 Å². The highest BCUT2D eigenvalue weighted by Gasteiger charge is 2.39. The lowest BCUT2D eigenvalue weighted by Gasteiger charge is -2.40. The fraction of sp³-hybridized carbons (Fsp3) is 0.194. The highest BCUT2D eigenvalue weighted by Crippen LogP contribution is 2.34. The molecule has 1 fully saturated rings. The predicted molar refractivity (Wildman–Crippen MR) is 159 cm³/mol. The molecule has 1 saturated heterocycles. The Bertz CT molecular complexity index is 1750. The zero-order valence-corrected chi connectivity index (χ0v) is 25.0. The van der Waals surface area contributed by atoms with Crippen LogP contribution in [0.1, 0.15) is 40.2 Å². The predicted octanol–water partition coefficient (Wildman–Crippen LogP) is 3.16. The minimum atomic E-state index is -5.19. The first-order valence-electron chi connectivity index (χ1n) is 13.9. The summed E-state index contributed by atoms with van der Waals surface area (Å²) in [5.74, 6) is -4.95. The van der Waals surface area contributed by atoms with Gasteiger partial charge in [0.1, 0.15) is 22.8 Å². The lowest BCUT2D eigenvalue weighted by molar-refractivity contribution is -0.660. The summed E-state index contributed by atoms with van der Waals surface area (Å²) < 4.78 is 33.1. The summed E-state index contributed by atoms with van der Waals surface area (Å²) in [6.07, 6.45) is 0.864. The van der Waals surface area contributed by atoms with Crippen LogP contribution in [0.5, 0.6) is 0 Å². The van der Waals surface area contributed by atoms with Crippen molar-refractivity contribution in [1.29, 1.82) is 0 Å². The largest absolute Gasteiger partial charge is 0.542 e. The van der Waals surface area contributed by atoms with E-state index in [1.807, 2.05) is 30.3 Å². The molecule has 3 aromatic carbocycles. The Kier molecular flexibility index (Phi) is 11.1. The molecule has 2 atom stereocenters. The Morgan fingerprint density at radius 2 is 1.74 bits per heavy atom. The number of aliphatic carboxylic acids is 1. The van der Waals surface area contributed by atoms with Crippen LogP contribution in [0.15, 0.2) is 85.2 Å². The van der Waals surface area contributed by atoms with Gasteiger partial charge in [-0.1, -0.05) is 47.1 Å². The molecule has 244 valence electrons. The molecule has 0 saturated carbocycles. The number of rotatable bonds is 7. The number of alkyl halides is 3. The third-order valence-electron chi connectivity index (χ3n) is 7.07. The molecular formula is C31H26ClF3N6O6. The van der Waals surface area contributed by atoms with Crippen LogP contribution >= 0.6 is 11.6 Å². The Hall–Kier alpha value is -5.57. The topological polar surface area (TPSA) is 172 Å². The number of aromatic carboxylic acids is 1. The number of nitrogens with one attached hydrogen (secondary N) is 2. The first-order chi connectivity index (χ1) is 22.3. The maximum atomic E-state index is 13.7. The molecule has 47 heavy (non-hydrogen) atoms. The third-order valence-corrected chi connectivity index (χ3v) is 7.31. The normalized spacial score (nSPS) is 16.2. The van der Waals surface area contributed by atoms with E-state index in [-0.39, 0.29) is 23.3 Å². The highest BCUT2D eigenvalue weighted by molar-refractivity contribution is 6.30. The second kappa shape index (κ2) is 15.1. The molecule has 2 amide bonds. The van der Waals surface area contributed by atoms with Gasteiger partial charge in [0.15, 0.2) is 5.21 Å². The van der Waals surface area contributed by atoms with Crippen molar-refractivity contribution in [2.75, 3.05) is 11.9 Å². The molecule has 5 rings (SSSR count). The summed E-state index contributed by atoms with van der Waals surface area (Å²) in [6.45, 7) is 0.407. The van der Waals surface area contributed by atoms with Crippen LogP contribution in [0.4, 0.5) is 18.9 Å². The number of carboxylic acid groups (broad SMARTS) is 2. The first-order valence-corrected chi connectivity index (χ1v) is 14.3. The number of tetrazole rings is 1. The molecule has 1 aliphatic rings. The number of aromatic nitrogens is 4. The van der Waals surface area contributed by atoms with E-state index in [9.17, 15) is 32.7 Å². The van der Waals surface area contributed by atoms with Crippen LogP contribution < -0.4 is 15.1 Å². The van der Waals surface area contributed by atoms with Gasteiger partial charge in [-0.05, 0) is 66.9 Å². The summed E-state index contributed by atoms with van der Waals surface area (Å²) in [4.78, 5) is 49.0. The number of nitrogens with zero attached hydrogens (tertiary/aromatic N) is 4. The van der Waals surface area contributed by atoms with Gasteiger partial charge in [-0.3, -0.25) is 9.59 Å². The van der Waals surface area contributed by atoms with E-state index in [0.717, 1.165) is 18.4 Å². The second-order valence-corrected chi connectivity index (χ2v) is 10.6. The second-order valence-electron chi connectivity index (χ2n) is 10.1. The Morgan fingerprint density at radius 1 is 1.06 bits per heavy atom. The van der Waals surface area contributed by atoms with Crippen molar-refractivity contribution in [1.82, 2.24) is 20.4 Å². The quantitative estimate of drug-likeness (QED) is 0.199. The van der Waals surface area contributed by atoms with Gasteiger partial charge in [-0.15, -0.1) is 4.68 Å². The smallest absolute Gasteiger partial charge is 0.430 e. The van der Waals surface area contributed by atoms with Gasteiger partial charge in [0.05, 0.1) is 5.56 Å². The Labute approximate surface area is 270 Å². The molecule has 1 aromatic heterocycles. The zero-order chi connectivity index (χ0) is 34.1. The van der Waals surface area contributed by atoms with E-state index >= 15 is 0 Å². The van der Waals surface area contributed by atoms with E-state index in [1.165, 1.54) is 36.7 Å². The minimum Gasteiger partial charge on any atom is -0.542 e. The van der Waals surface area contributed by atoms with Crippen molar-refractivity contribution in [3.8, 4) is 5.69 Å². The number of carbonyl (C=O) groups is 4. The van der Waals surface area contributed by atoms with Gasteiger partial charge in [-0.25, -0.2) is 4.79 Å². The Morgan fingerprint density at radius 3 is 2.34 bits per heavy atom. The molecule has 12 nitrogen and oxygen atoms in total. The third kappa shape index (κ3) is 9.00. The first kappa shape index (κ1) is 34.3. The van der Waals surface area contributed by atoms with Crippen molar-refractivity contribution < 1.29 is 47.2 Å². The molecule has 0 aliphatic carbocycles. The number of likely N-dealkylation sites (tertiary alicyclic amines) is 1. The van der Waals surface area contributed by atoms with E-state index in [4.69, 9.17) is 21.5 Å². The van der Waals surface area contributed by atoms with Crippen molar-refractivity contribution >= 4 is 47.1 Å². The maximum absolute atomic E-state index is 13.7. The maximum Gasteiger partial charge on any atom is 0.430 e. The molecule has 1 aliphatic heterocycles. The number of halogens is 4. The average Bonchev–Trinajstić information content (AvgIpc) is 3.59. The number of hydrogen-bond donors (Lipinski definition) is 3. The number of anilines is 1. The molecule has 0 bridgehead atoms. The van der Waals surface area contributed by atoms with Gasteiger partial charge in [0.2, 0.25) is 11.8 Å². The van der Waals surface area contributed by atoms with Gasteiger partial charge in [0, 0.05) is 34.8 Å². The molecule has 16 heteroatoms. The SMILES string of the molecule is O=C(O)c1ccc(NC(=O)C2C(c3ccccc3)CCCN2C(=O)/C=C/c2cc(Cl)ccc2-[n+]2cnn[nH]2)cc1.O=C([O-])C(F)(F)F. The number of carbonyl (C=O) groups excluding carboxylic acids is 3. The molecule has 0 spiro atoms. The zero-order valence-electron chi connectivity index (χ0n) is 24.2. The minimum absolute atomic E-state index is 0.115. The summed E-state index contributed by atoms with van der Waals surface area (Å²) >= 11 is 6.23. The lowest BCUT2D eigenvalue weighted by Crippen LogP contribution is -2.53. The summed E-state index contributed by atoms with van der Waals surface area (Å²) in [5, 5.41) is 31.6. The number of amides is 2. The van der Waals surface area contributed by atoms with Gasteiger partial charge in [-0.2, -0.15) is 13.2 Å². The summed E-state index contributed by atoms with van der Waals surface area (Å²) in [5.41, 5.74) is 2.88. The van der Waals surface area contributed by atoms with Gasteiger partial charge in [0.25, 0.3) is 6.33 Å². The number of H-pyrrole nitrogens is 1. The van der Waals surface area contributed by atoms with E-state index in [2.05, 4.69) is 20.8 Å². The molecule has 2 heterocycles. The molecule has 3 N–H and O–H groups in total. The van der Waals surface area contributed by atoms with Crippen LogP contribution in [0, 0.1) is 0 Å². The van der Waals surface area contributed by atoms with Crippen LogP contribution in [0.3, 0.4) is 0 Å². The fourth-order valence-electron chi connectivity index (χ4n) is 4.96. The van der Waals surface area contributed by atoms with Crippen molar-refractivity contribution in [2.45, 2.75) is 31.0 Å². The number of benzene rings is 3. The molecule has 4 aromatic rings. The number of hydrogen-bond acceptors (Lipinski definition) is 7. The summed E-state index contributed by atoms with van der Waals surface area (Å²) in [7, 11) is 0. The molecular weight excluding hydrogens is 645 g/mol. The lowest BCUT2D eigenvalue weighted by atomic mass is 9.82. The van der Waals surface area contributed by atoms with Gasteiger partial charge >= 0.3 is 12.1 Å². The number of piperidine rings is 1. The number of aromatic amines is 1. The van der Waals surface area contributed by atoms with E-state index in [0.29, 0.717) is 28.5 Å². The van der Waals surface area contributed by atoms with Crippen molar-refractivity contribution in [3.63, 3.8) is 0 Å². The van der Waals surface area contributed by atoms with E-state index < -0.39 is 24.2 Å². The van der Waals surface area contributed by atoms with Crippen LogP contribution in [-0.2, 0) is 14.4 Å². The average molecular weight is 671 g/mol. The van der Waals surface area contributed by atoms with Gasteiger partial charge < -0.3 is 25.2 Å². The number of carboxylic acids is 2. The summed E-state index contributed by atoms with van der Waals surface area (Å²) in [6, 6.07) is 20.0. The highest BCUT2D eigenvalue weighted by atomic mass is 35.5. The monoisotopic (exact) mass is 670 g/mol. The van der Waals surface area contributed by atoms with Crippen LogP contribution in [0.2, 0.25) is 5.02 Å². The Balaban J connectivity index is 0.000000644. The van der Waals surface area contributed by atoms with Crippen molar-refractivity contribution in [2.24, 2.45) is 0 Å². The van der Waals surface area contributed by atoms with Crippen LogP contribution in [0.25, 0.3) is 11.8 Å². The van der Waals surface area contributed by atoms with Crippen molar-refractivity contribution in [3.05, 3.63) is 107 Å². The van der Waals surface area contributed by atoms with Crippen LogP contribution in [-0.4, -0.2) is 68.0 Å². The standard InChI is InChI=1S/C29H25ClN6O4.C2HF3O2/c30-22-11-14-25(36-18-31-33-34-36)21(17-22)10-15-26(37)35-16-4-7-24(19-5-2-1-3-6-19)27(35)28(38)32-23-12-8-20(9-13-23)29(39)40;3-2(4,5)1(6)7/h1-3,5-6,8-15,17-18,24,27H,4,7,16H2,(H2,32,38,39,40);(H,6,7)/b15-10+;. The molecule has 2 unspecified atom stereocenters. The molecule has 0 radical (unpaired) electrons. The fourth-order valence-corrected chi connectivity index (χ4v) is 5.14.